The van der Waals surface area contributed by atoms with Crippen molar-refractivity contribution in [2.45, 2.75) is 31.7 Å². The van der Waals surface area contributed by atoms with E-state index in [-0.39, 0.29) is 18.0 Å². The highest BCUT2D eigenvalue weighted by Gasteiger charge is 2.27. The molecule has 1 aliphatic rings. The Morgan fingerprint density at radius 3 is 2.44 bits per heavy atom. The third-order valence-electron chi connectivity index (χ3n) is 3.38. The number of urea groups is 1. The monoisotopic (exact) mass is 258 g/mol. The van der Waals surface area contributed by atoms with E-state index >= 15 is 0 Å². The molecule has 6 heteroatoms. The lowest BCUT2D eigenvalue weighted by molar-refractivity contribution is -0.142. The van der Waals surface area contributed by atoms with E-state index in [0.29, 0.717) is 26.0 Å². The quantitative estimate of drug-likeness (QED) is 0.768. The van der Waals surface area contributed by atoms with Gasteiger partial charge in [-0.2, -0.15) is 0 Å². The van der Waals surface area contributed by atoms with Gasteiger partial charge in [-0.1, -0.05) is 0 Å². The predicted molar refractivity (Wildman–Crippen MR) is 66.4 cm³/mol. The third-order valence-corrected chi connectivity index (χ3v) is 3.38. The first-order valence-electron chi connectivity index (χ1n) is 6.28. The number of ether oxygens (including phenoxy) is 1. The molecule has 0 aromatic rings. The zero-order chi connectivity index (χ0) is 13.5. The van der Waals surface area contributed by atoms with Crippen molar-refractivity contribution in [3.8, 4) is 0 Å². The molecule has 0 aromatic heterocycles. The Morgan fingerprint density at radius 1 is 1.33 bits per heavy atom. The van der Waals surface area contributed by atoms with Gasteiger partial charge in [0, 0.05) is 26.7 Å². The Bertz CT molecular complexity index is 288. The van der Waals surface area contributed by atoms with Crippen molar-refractivity contribution in [2.75, 3.05) is 27.3 Å². The molecular weight excluding hydrogens is 236 g/mol. The number of carbonyl (C=O) groups excluding carboxylic acids is 1. The number of methoxy groups -OCH3 is 1. The van der Waals surface area contributed by atoms with Crippen LogP contribution in [0.15, 0.2) is 0 Å². The van der Waals surface area contributed by atoms with Crippen LogP contribution in [0.25, 0.3) is 0 Å². The lowest BCUT2D eigenvalue weighted by atomic mass is 9.86. The van der Waals surface area contributed by atoms with E-state index in [2.05, 4.69) is 5.32 Å². The van der Waals surface area contributed by atoms with Crippen LogP contribution in [0.1, 0.15) is 25.7 Å². The third kappa shape index (κ3) is 4.52. The van der Waals surface area contributed by atoms with Gasteiger partial charge in [0.25, 0.3) is 0 Å². The van der Waals surface area contributed by atoms with E-state index in [4.69, 9.17) is 9.84 Å². The molecule has 2 N–H and O–H groups in total. The van der Waals surface area contributed by atoms with Gasteiger partial charge in [-0.05, 0) is 25.7 Å². The zero-order valence-electron chi connectivity index (χ0n) is 11.0. The summed E-state index contributed by atoms with van der Waals surface area (Å²) in [6, 6.07) is -0.0241. The molecule has 104 valence electrons. The summed E-state index contributed by atoms with van der Waals surface area (Å²) in [5.41, 5.74) is 0. The summed E-state index contributed by atoms with van der Waals surface area (Å²) < 4.78 is 4.91. The average molecular weight is 258 g/mol. The molecule has 0 radical (unpaired) electrons. The number of hydrogen-bond acceptors (Lipinski definition) is 3. The molecule has 0 aromatic carbocycles. The molecule has 18 heavy (non-hydrogen) atoms. The fourth-order valence-electron chi connectivity index (χ4n) is 2.10. The second kappa shape index (κ2) is 7.20. The van der Waals surface area contributed by atoms with E-state index in [9.17, 15) is 9.59 Å². The van der Waals surface area contributed by atoms with Gasteiger partial charge in [0.05, 0.1) is 12.5 Å². The normalized spacial score (nSPS) is 23.4. The average Bonchev–Trinajstić information content (AvgIpc) is 2.36. The van der Waals surface area contributed by atoms with Crippen LogP contribution in [0.5, 0.6) is 0 Å². The summed E-state index contributed by atoms with van der Waals surface area (Å²) in [6.45, 7) is 1.06. The summed E-state index contributed by atoms with van der Waals surface area (Å²) in [5, 5.41) is 11.8. The van der Waals surface area contributed by atoms with E-state index in [1.165, 1.54) is 0 Å². The number of likely N-dealkylation sites (N-methyl/N-ethyl adjacent to an activating group) is 1. The maximum absolute atomic E-state index is 11.8. The summed E-state index contributed by atoms with van der Waals surface area (Å²) in [7, 11) is 3.32. The van der Waals surface area contributed by atoms with Crippen molar-refractivity contribution in [2.24, 2.45) is 5.92 Å². The van der Waals surface area contributed by atoms with Gasteiger partial charge in [-0.15, -0.1) is 0 Å². The highest BCUT2D eigenvalue weighted by molar-refractivity contribution is 5.74. The molecule has 0 spiro atoms. The number of carbonyl (C=O) groups is 2. The second-order valence-corrected chi connectivity index (χ2v) is 4.75. The largest absolute Gasteiger partial charge is 0.481 e. The Labute approximate surface area is 107 Å². The standard InChI is InChI=1S/C12H22N2O4/c1-14(7-8-18-2)12(17)13-10-5-3-9(4-6-10)11(15)16/h9-10H,3-8H2,1-2H3,(H,13,17)(H,15,16). The smallest absolute Gasteiger partial charge is 0.317 e. The van der Waals surface area contributed by atoms with Crippen molar-refractivity contribution in [3.05, 3.63) is 0 Å². The van der Waals surface area contributed by atoms with Crippen LogP contribution >= 0.6 is 0 Å². The van der Waals surface area contributed by atoms with Crippen molar-refractivity contribution >= 4 is 12.0 Å². The van der Waals surface area contributed by atoms with E-state index in [1.54, 1.807) is 19.1 Å². The lowest BCUT2D eigenvalue weighted by Gasteiger charge is -2.28. The molecule has 0 heterocycles. The summed E-state index contributed by atoms with van der Waals surface area (Å²) in [6.07, 6.45) is 2.76. The van der Waals surface area contributed by atoms with Crippen LogP contribution in [0.3, 0.4) is 0 Å². The van der Waals surface area contributed by atoms with E-state index in [1.807, 2.05) is 0 Å². The Hall–Kier alpha value is -1.30. The minimum absolute atomic E-state index is 0.0955. The Balaban J connectivity index is 2.27. The lowest BCUT2D eigenvalue weighted by Crippen LogP contribution is -2.45. The minimum atomic E-state index is -0.725. The molecule has 1 aliphatic carbocycles. The molecular formula is C12H22N2O4. The highest BCUT2D eigenvalue weighted by atomic mass is 16.5. The van der Waals surface area contributed by atoms with Crippen LogP contribution in [0, 0.1) is 5.92 Å². The fourth-order valence-corrected chi connectivity index (χ4v) is 2.10. The molecule has 1 saturated carbocycles. The van der Waals surface area contributed by atoms with Crippen LogP contribution in [-0.4, -0.2) is 55.4 Å². The van der Waals surface area contributed by atoms with Crippen LogP contribution in [0.2, 0.25) is 0 Å². The van der Waals surface area contributed by atoms with Gasteiger partial charge < -0.3 is 20.1 Å². The fraction of sp³-hybridized carbons (Fsp3) is 0.833. The number of rotatable bonds is 5. The number of hydrogen-bond donors (Lipinski definition) is 2. The zero-order valence-corrected chi connectivity index (χ0v) is 11.0. The highest BCUT2D eigenvalue weighted by Crippen LogP contribution is 2.24. The molecule has 2 amide bonds. The van der Waals surface area contributed by atoms with Gasteiger partial charge in [0.1, 0.15) is 0 Å². The molecule has 1 rings (SSSR count). The van der Waals surface area contributed by atoms with Gasteiger partial charge in [-0.25, -0.2) is 4.79 Å². The number of carboxylic acids is 1. The van der Waals surface area contributed by atoms with Crippen LogP contribution in [0.4, 0.5) is 4.79 Å². The summed E-state index contributed by atoms with van der Waals surface area (Å²) in [4.78, 5) is 24.2. The van der Waals surface area contributed by atoms with E-state index < -0.39 is 5.97 Å². The molecule has 6 nitrogen and oxygen atoms in total. The van der Waals surface area contributed by atoms with Crippen molar-refractivity contribution in [1.29, 1.82) is 0 Å². The molecule has 0 atom stereocenters. The minimum Gasteiger partial charge on any atom is -0.481 e. The number of nitrogens with zero attached hydrogens (tertiary/aromatic N) is 1. The topological polar surface area (TPSA) is 78.9 Å². The van der Waals surface area contributed by atoms with Crippen LogP contribution < -0.4 is 5.32 Å². The number of aliphatic carboxylic acids is 1. The number of amides is 2. The molecule has 0 aliphatic heterocycles. The van der Waals surface area contributed by atoms with Crippen molar-refractivity contribution < 1.29 is 19.4 Å². The SMILES string of the molecule is COCCN(C)C(=O)NC1CCC(C(=O)O)CC1. The first-order valence-corrected chi connectivity index (χ1v) is 6.28. The van der Waals surface area contributed by atoms with Crippen molar-refractivity contribution in [3.63, 3.8) is 0 Å². The molecule has 0 saturated heterocycles. The first-order chi connectivity index (χ1) is 8.54. The number of carboxylic acid groups (broad SMARTS) is 1. The van der Waals surface area contributed by atoms with Gasteiger partial charge in [0.2, 0.25) is 0 Å². The van der Waals surface area contributed by atoms with Crippen molar-refractivity contribution in [1.82, 2.24) is 10.2 Å². The van der Waals surface area contributed by atoms with Gasteiger partial charge in [0.15, 0.2) is 0 Å². The maximum atomic E-state index is 11.8. The number of nitrogens with one attached hydrogen (secondary N) is 1. The summed E-state index contributed by atoms with van der Waals surface area (Å²) in [5.74, 6) is -0.971. The maximum Gasteiger partial charge on any atom is 0.317 e. The first kappa shape index (κ1) is 14.8. The predicted octanol–water partition coefficient (Wildman–Crippen LogP) is 0.918. The second-order valence-electron chi connectivity index (χ2n) is 4.75. The Kier molecular flexibility index (Phi) is 5.91. The molecule has 0 unspecified atom stereocenters. The van der Waals surface area contributed by atoms with Gasteiger partial charge in [-0.3, -0.25) is 4.79 Å². The van der Waals surface area contributed by atoms with Crippen LogP contribution in [-0.2, 0) is 9.53 Å². The van der Waals surface area contributed by atoms with Gasteiger partial charge >= 0.3 is 12.0 Å². The summed E-state index contributed by atoms with van der Waals surface area (Å²) >= 11 is 0. The molecule has 1 fully saturated rings. The van der Waals surface area contributed by atoms with E-state index in [0.717, 1.165) is 12.8 Å². The molecule has 0 bridgehead atoms. The Morgan fingerprint density at radius 2 is 1.94 bits per heavy atom.